The van der Waals surface area contributed by atoms with E-state index >= 15 is 0 Å². The molecule has 1 aromatic heterocycles. The summed E-state index contributed by atoms with van der Waals surface area (Å²) in [5.41, 5.74) is 1.47. The monoisotopic (exact) mass is 230 g/mol. The molecule has 13 heavy (non-hydrogen) atoms. The van der Waals surface area contributed by atoms with E-state index in [-0.39, 0.29) is 0 Å². The van der Waals surface area contributed by atoms with E-state index in [1.807, 2.05) is 18.2 Å². The fraction of sp³-hybridized carbons (Fsp3) is 0. The zero-order valence-electron chi connectivity index (χ0n) is 6.37. The summed E-state index contributed by atoms with van der Waals surface area (Å²) in [5.74, 6) is 0. The smallest absolute Gasteiger partial charge is 0.170 e. The first-order valence-corrected chi connectivity index (χ1v) is 5.00. The maximum absolute atomic E-state index is 5.97. The summed E-state index contributed by atoms with van der Waals surface area (Å²) in [6.45, 7) is 0. The quantitative estimate of drug-likeness (QED) is 0.750. The van der Waals surface area contributed by atoms with Gasteiger partial charge >= 0.3 is 0 Å². The van der Waals surface area contributed by atoms with Crippen molar-refractivity contribution in [2.24, 2.45) is 0 Å². The first-order valence-electron chi connectivity index (χ1n) is 3.52. The van der Waals surface area contributed by atoms with Gasteiger partial charge in [0.25, 0.3) is 0 Å². The number of halogens is 2. The Kier molecular flexibility index (Phi) is 2.49. The lowest BCUT2D eigenvalue weighted by Gasteiger charge is -1.98. The SMILES string of the molecule is Clc1ccccc1-c1nsnc1Cl. The second kappa shape index (κ2) is 3.62. The van der Waals surface area contributed by atoms with Crippen LogP contribution in [0.3, 0.4) is 0 Å². The number of aromatic nitrogens is 2. The van der Waals surface area contributed by atoms with E-state index in [1.165, 1.54) is 0 Å². The van der Waals surface area contributed by atoms with Crippen molar-refractivity contribution in [3.63, 3.8) is 0 Å². The molecular weight excluding hydrogens is 227 g/mol. The average molecular weight is 231 g/mol. The van der Waals surface area contributed by atoms with Crippen molar-refractivity contribution in [2.45, 2.75) is 0 Å². The molecule has 0 saturated heterocycles. The Labute approximate surface area is 89.5 Å². The normalized spacial score (nSPS) is 10.3. The van der Waals surface area contributed by atoms with E-state index in [0.717, 1.165) is 17.3 Å². The Balaban J connectivity index is 2.59. The summed E-state index contributed by atoms with van der Waals surface area (Å²) in [6.07, 6.45) is 0. The molecule has 0 bridgehead atoms. The van der Waals surface area contributed by atoms with Crippen molar-refractivity contribution in [3.8, 4) is 11.3 Å². The molecule has 0 aliphatic heterocycles. The molecule has 0 spiro atoms. The van der Waals surface area contributed by atoms with Crippen LogP contribution in [0.25, 0.3) is 11.3 Å². The number of hydrogen-bond acceptors (Lipinski definition) is 3. The Morgan fingerprint density at radius 1 is 1.08 bits per heavy atom. The van der Waals surface area contributed by atoms with Crippen molar-refractivity contribution in [1.82, 2.24) is 8.75 Å². The van der Waals surface area contributed by atoms with Crippen LogP contribution in [0.5, 0.6) is 0 Å². The molecule has 0 aliphatic rings. The van der Waals surface area contributed by atoms with Gasteiger partial charge in [0, 0.05) is 5.56 Å². The molecule has 1 aromatic carbocycles. The fourth-order valence-corrected chi connectivity index (χ4v) is 1.97. The minimum absolute atomic E-state index is 0.401. The highest BCUT2D eigenvalue weighted by atomic mass is 35.5. The molecule has 0 N–H and O–H groups in total. The van der Waals surface area contributed by atoms with E-state index in [4.69, 9.17) is 23.2 Å². The van der Waals surface area contributed by atoms with Gasteiger partial charge in [-0.1, -0.05) is 41.4 Å². The zero-order valence-corrected chi connectivity index (χ0v) is 8.70. The first kappa shape index (κ1) is 8.94. The van der Waals surface area contributed by atoms with Gasteiger partial charge in [0.1, 0.15) is 5.69 Å². The molecule has 1 heterocycles. The maximum atomic E-state index is 5.97. The molecular formula is C8H4Cl2N2S. The minimum Gasteiger partial charge on any atom is -0.171 e. The van der Waals surface area contributed by atoms with E-state index < -0.39 is 0 Å². The molecule has 0 amide bonds. The van der Waals surface area contributed by atoms with Gasteiger partial charge in [-0.2, -0.15) is 8.75 Å². The van der Waals surface area contributed by atoms with E-state index in [9.17, 15) is 0 Å². The van der Waals surface area contributed by atoms with Gasteiger partial charge < -0.3 is 0 Å². The third-order valence-electron chi connectivity index (χ3n) is 1.58. The lowest BCUT2D eigenvalue weighted by molar-refractivity contribution is 1.49. The Bertz CT molecular complexity index is 428. The van der Waals surface area contributed by atoms with E-state index in [1.54, 1.807) is 6.07 Å². The van der Waals surface area contributed by atoms with Gasteiger partial charge in [0.15, 0.2) is 5.15 Å². The summed E-state index contributed by atoms with van der Waals surface area (Å²) in [5, 5.41) is 1.04. The first-order chi connectivity index (χ1) is 6.29. The predicted octanol–water partition coefficient (Wildman–Crippen LogP) is 3.51. The van der Waals surface area contributed by atoms with Crippen LogP contribution < -0.4 is 0 Å². The zero-order chi connectivity index (χ0) is 9.26. The summed E-state index contributed by atoms with van der Waals surface area (Å²) in [6, 6.07) is 7.41. The van der Waals surface area contributed by atoms with Gasteiger partial charge in [-0.25, -0.2) is 0 Å². The van der Waals surface area contributed by atoms with Crippen molar-refractivity contribution in [1.29, 1.82) is 0 Å². The highest BCUT2D eigenvalue weighted by Crippen LogP contribution is 2.30. The molecule has 2 nitrogen and oxygen atoms in total. The predicted molar refractivity (Wildman–Crippen MR) is 55.4 cm³/mol. The number of benzene rings is 1. The van der Waals surface area contributed by atoms with Crippen LogP contribution in [0.1, 0.15) is 0 Å². The molecule has 0 unspecified atom stereocenters. The second-order valence-corrected chi connectivity index (χ2v) is 3.68. The summed E-state index contributed by atoms with van der Waals surface area (Å²) >= 11 is 12.9. The van der Waals surface area contributed by atoms with Crippen LogP contribution in [0.2, 0.25) is 10.2 Å². The summed E-state index contributed by atoms with van der Waals surface area (Å²) < 4.78 is 7.93. The molecule has 2 aromatic rings. The van der Waals surface area contributed by atoms with Crippen LogP contribution in [0, 0.1) is 0 Å². The Hall–Kier alpha value is -0.640. The van der Waals surface area contributed by atoms with Crippen LogP contribution in [-0.2, 0) is 0 Å². The van der Waals surface area contributed by atoms with E-state index in [2.05, 4.69) is 8.75 Å². The number of hydrogen-bond donors (Lipinski definition) is 0. The minimum atomic E-state index is 0.401. The van der Waals surface area contributed by atoms with Crippen LogP contribution in [0.4, 0.5) is 0 Å². The molecule has 66 valence electrons. The average Bonchev–Trinajstić information content (AvgIpc) is 2.52. The Morgan fingerprint density at radius 3 is 2.46 bits per heavy atom. The molecule has 0 saturated carbocycles. The number of rotatable bonds is 1. The highest BCUT2D eigenvalue weighted by Gasteiger charge is 2.10. The third-order valence-corrected chi connectivity index (χ3v) is 2.80. The van der Waals surface area contributed by atoms with Crippen LogP contribution >= 0.6 is 34.9 Å². The van der Waals surface area contributed by atoms with E-state index in [0.29, 0.717) is 15.9 Å². The standard InChI is InChI=1S/C8H4Cl2N2S/c9-6-4-2-1-3-5(6)7-8(10)12-13-11-7/h1-4H. The summed E-state index contributed by atoms with van der Waals surface area (Å²) in [7, 11) is 0. The molecule has 0 atom stereocenters. The van der Waals surface area contributed by atoms with Gasteiger partial charge in [0.2, 0.25) is 0 Å². The maximum Gasteiger partial charge on any atom is 0.170 e. The van der Waals surface area contributed by atoms with Gasteiger partial charge in [0.05, 0.1) is 16.8 Å². The number of nitrogens with zero attached hydrogens (tertiary/aromatic N) is 2. The van der Waals surface area contributed by atoms with Gasteiger partial charge in [-0.15, -0.1) is 0 Å². The molecule has 0 fully saturated rings. The molecule has 2 rings (SSSR count). The molecule has 5 heteroatoms. The lowest BCUT2D eigenvalue weighted by atomic mass is 10.2. The van der Waals surface area contributed by atoms with Crippen molar-refractivity contribution < 1.29 is 0 Å². The fourth-order valence-electron chi connectivity index (χ4n) is 0.992. The third kappa shape index (κ3) is 1.68. The van der Waals surface area contributed by atoms with Gasteiger partial charge in [-0.05, 0) is 6.07 Å². The molecule has 0 aliphatic carbocycles. The van der Waals surface area contributed by atoms with Crippen molar-refractivity contribution in [2.75, 3.05) is 0 Å². The summed E-state index contributed by atoms with van der Waals surface area (Å²) in [4.78, 5) is 0. The topological polar surface area (TPSA) is 25.8 Å². The lowest BCUT2D eigenvalue weighted by Crippen LogP contribution is -1.79. The van der Waals surface area contributed by atoms with Gasteiger partial charge in [-0.3, -0.25) is 0 Å². The largest absolute Gasteiger partial charge is 0.171 e. The van der Waals surface area contributed by atoms with Crippen molar-refractivity contribution >= 4 is 34.9 Å². The highest BCUT2D eigenvalue weighted by molar-refractivity contribution is 6.99. The molecule has 0 radical (unpaired) electrons. The van der Waals surface area contributed by atoms with Crippen LogP contribution in [-0.4, -0.2) is 8.75 Å². The Morgan fingerprint density at radius 2 is 1.85 bits per heavy atom. The second-order valence-electron chi connectivity index (χ2n) is 2.38. The van der Waals surface area contributed by atoms with Crippen LogP contribution in [0.15, 0.2) is 24.3 Å². The van der Waals surface area contributed by atoms with Crippen molar-refractivity contribution in [3.05, 3.63) is 34.4 Å².